The lowest BCUT2D eigenvalue weighted by atomic mass is 10.1. The Morgan fingerprint density at radius 3 is 2.59 bits per heavy atom. The second-order valence-electron chi connectivity index (χ2n) is 7.47. The lowest BCUT2D eigenvalue weighted by molar-refractivity contribution is -1.02. The highest BCUT2D eigenvalue weighted by Gasteiger charge is 2.31. The zero-order chi connectivity index (χ0) is 20.8. The van der Waals surface area contributed by atoms with Crippen LogP contribution in [0.25, 0.3) is 0 Å². The van der Waals surface area contributed by atoms with Crippen LogP contribution in [0.5, 0.6) is 5.75 Å². The molecular formula is C22H30FN3O2S+2. The summed E-state index contributed by atoms with van der Waals surface area (Å²) in [6, 6.07) is 12.9. The standard InChI is InChI=1S/C22H28FN3O2S/c1-16(22(27)24-19-6-4-5-7-21(19)29-3)26-12-10-25(11-13-26)15-17-8-9-20(28-2)18(23)14-17/h4-9,14,16H,10-13,15H2,1-3H3,(H,24,27)/p+2/t16-/m0/s1. The predicted molar refractivity (Wildman–Crippen MR) is 114 cm³/mol. The van der Waals surface area contributed by atoms with E-state index in [2.05, 4.69) is 5.32 Å². The van der Waals surface area contributed by atoms with E-state index in [1.807, 2.05) is 43.5 Å². The van der Waals surface area contributed by atoms with Crippen molar-refractivity contribution in [2.24, 2.45) is 0 Å². The summed E-state index contributed by atoms with van der Waals surface area (Å²) in [6.07, 6.45) is 2.01. The van der Waals surface area contributed by atoms with Gasteiger partial charge in [-0.3, -0.25) is 4.79 Å². The van der Waals surface area contributed by atoms with E-state index in [4.69, 9.17) is 4.74 Å². The van der Waals surface area contributed by atoms with E-state index in [0.29, 0.717) is 0 Å². The van der Waals surface area contributed by atoms with Crippen molar-refractivity contribution in [2.75, 3.05) is 44.9 Å². The summed E-state index contributed by atoms with van der Waals surface area (Å²) in [7, 11) is 1.47. The van der Waals surface area contributed by atoms with Gasteiger partial charge in [0, 0.05) is 10.5 Å². The number of hydrogen-bond acceptors (Lipinski definition) is 3. The number of hydrogen-bond donors (Lipinski definition) is 3. The third kappa shape index (κ3) is 5.50. The average molecular weight is 420 g/mol. The first-order chi connectivity index (χ1) is 14.0. The van der Waals surface area contributed by atoms with Gasteiger partial charge in [-0.2, -0.15) is 0 Å². The molecule has 156 valence electrons. The van der Waals surface area contributed by atoms with E-state index in [0.717, 1.165) is 48.9 Å². The number of nitrogens with one attached hydrogen (secondary N) is 3. The minimum Gasteiger partial charge on any atom is -0.494 e. The summed E-state index contributed by atoms with van der Waals surface area (Å²) in [5.74, 6) is 0.0209. The Bertz CT molecular complexity index is 841. The number of para-hydroxylation sites is 1. The van der Waals surface area contributed by atoms with E-state index >= 15 is 0 Å². The highest BCUT2D eigenvalue weighted by atomic mass is 32.2. The highest BCUT2D eigenvalue weighted by Crippen LogP contribution is 2.24. The summed E-state index contributed by atoms with van der Waals surface area (Å²) < 4.78 is 18.9. The number of amides is 1. The molecule has 3 rings (SSSR count). The van der Waals surface area contributed by atoms with E-state index in [9.17, 15) is 9.18 Å². The molecular weight excluding hydrogens is 389 g/mol. The normalized spacial score (nSPS) is 20.1. The summed E-state index contributed by atoms with van der Waals surface area (Å²) in [5, 5.41) is 3.09. The maximum atomic E-state index is 13.9. The molecule has 1 saturated heterocycles. The number of ether oxygens (including phenoxy) is 1. The van der Waals surface area contributed by atoms with E-state index in [1.54, 1.807) is 23.9 Å². The lowest BCUT2D eigenvalue weighted by Crippen LogP contribution is -3.29. The number of carbonyl (C=O) groups excluding carboxylic acids is 1. The number of rotatable bonds is 7. The molecule has 1 atom stereocenters. The van der Waals surface area contributed by atoms with Crippen molar-refractivity contribution < 1.29 is 23.7 Å². The van der Waals surface area contributed by atoms with Gasteiger partial charge < -0.3 is 19.9 Å². The van der Waals surface area contributed by atoms with Crippen molar-refractivity contribution in [1.29, 1.82) is 0 Å². The minimum atomic E-state index is -0.315. The molecule has 2 aromatic rings. The number of methoxy groups -OCH3 is 1. The first-order valence-electron chi connectivity index (χ1n) is 9.96. The summed E-state index contributed by atoms with van der Waals surface area (Å²) in [4.78, 5) is 16.5. The number of carbonyl (C=O) groups is 1. The van der Waals surface area contributed by atoms with Crippen molar-refractivity contribution in [2.45, 2.75) is 24.4 Å². The Kier molecular flexibility index (Phi) is 7.52. The fourth-order valence-corrected chi connectivity index (χ4v) is 4.37. The molecule has 1 amide bonds. The molecule has 7 heteroatoms. The number of benzene rings is 2. The first-order valence-corrected chi connectivity index (χ1v) is 11.2. The van der Waals surface area contributed by atoms with Crippen molar-refractivity contribution in [3.8, 4) is 5.75 Å². The summed E-state index contributed by atoms with van der Waals surface area (Å²) in [6.45, 7) is 6.55. The van der Waals surface area contributed by atoms with Gasteiger partial charge in [0.15, 0.2) is 17.6 Å². The molecule has 3 N–H and O–H groups in total. The molecule has 0 aromatic heterocycles. The van der Waals surface area contributed by atoms with Gasteiger partial charge in [0.25, 0.3) is 5.91 Å². The van der Waals surface area contributed by atoms with Gasteiger partial charge >= 0.3 is 0 Å². The van der Waals surface area contributed by atoms with Crippen molar-refractivity contribution in [1.82, 2.24) is 0 Å². The largest absolute Gasteiger partial charge is 0.494 e. The molecule has 0 spiro atoms. The van der Waals surface area contributed by atoms with Gasteiger partial charge in [-0.15, -0.1) is 11.8 Å². The zero-order valence-corrected chi connectivity index (χ0v) is 18.1. The third-order valence-corrected chi connectivity index (χ3v) is 6.44. The Morgan fingerprint density at radius 2 is 1.93 bits per heavy atom. The van der Waals surface area contributed by atoms with E-state index < -0.39 is 0 Å². The fourth-order valence-electron chi connectivity index (χ4n) is 3.82. The quantitative estimate of drug-likeness (QED) is 0.584. The average Bonchev–Trinajstić information content (AvgIpc) is 2.74. The Morgan fingerprint density at radius 1 is 1.21 bits per heavy atom. The molecule has 2 aromatic carbocycles. The molecule has 0 radical (unpaired) electrons. The highest BCUT2D eigenvalue weighted by molar-refractivity contribution is 7.98. The number of piperazine rings is 1. The molecule has 0 saturated carbocycles. The van der Waals surface area contributed by atoms with Crippen molar-refractivity contribution >= 4 is 23.4 Å². The fraction of sp³-hybridized carbons (Fsp3) is 0.409. The van der Waals surface area contributed by atoms with Crippen LogP contribution in [0.2, 0.25) is 0 Å². The van der Waals surface area contributed by atoms with Crippen LogP contribution in [-0.2, 0) is 11.3 Å². The van der Waals surface area contributed by atoms with Crippen LogP contribution < -0.4 is 19.9 Å². The Labute approximate surface area is 176 Å². The van der Waals surface area contributed by atoms with Crippen molar-refractivity contribution in [3.05, 3.63) is 53.8 Å². The van der Waals surface area contributed by atoms with Crippen LogP contribution in [0.4, 0.5) is 10.1 Å². The van der Waals surface area contributed by atoms with Gasteiger partial charge in [0.1, 0.15) is 32.7 Å². The monoisotopic (exact) mass is 419 g/mol. The van der Waals surface area contributed by atoms with Gasteiger partial charge in [-0.05, 0) is 43.5 Å². The van der Waals surface area contributed by atoms with E-state index in [-0.39, 0.29) is 23.5 Å². The lowest BCUT2D eigenvalue weighted by Gasteiger charge is -2.32. The molecule has 1 fully saturated rings. The number of anilines is 1. The van der Waals surface area contributed by atoms with Crippen molar-refractivity contribution in [3.63, 3.8) is 0 Å². The molecule has 0 unspecified atom stereocenters. The molecule has 1 aliphatic heterocycles. The van der Waals surface area contributed by atoms with Crippen LogP contribution >= 0.6 is 11.8 Å². The Balaban J connectivity index is 1.52. The van der Waals surface area contributed by atoms with Crippen LogP contribution in [0.3, 0.4) is 0 Å². The maximum absolute atomic E-state index is 13.9. The van der Waals surface area contributed by atoms with Gasteiger partial charge in [-0.25, -0.2) is 4.39 Å². The topological polar surface area (TPSA) is 47.2 Å². The second kappa shape index (κ2) is 10.1. The number of halogens is 1. The SMILES string of the molecule is COc1ccc(C[NH+]2CC[NH+]([C@@H](C)C(=O)Nc3ccccc3SC)CC2)cc1F. The molecule has 5 nitrogen and oxygen atoms in total. The second-order valence-corrected chi connectivity index (χ2v) is 8.31. The van der Waals surface area contributed by atoms with Gasteiger partial charge in [-0.1, -0.05) is 12.1 Å². The van der Waals surface area contributed by atoms with Gasteiger partial charge in [0.2, 0.25) is 0 Å². The Hall–Kier alpha value is -2.09. The maximum Gasteiger partial charge on any atom is 0.282 e. The molecule has 1 heterocycles. The smallest absolute Gasteiger partial charge is 0.282 e. The van der Waals surface area contributed by atoms with Gasteiger partial charge in [0.05, 0.1) is 12.8 Å². The van der Waals surface area contributed by atoms with Crippen LogP contribution in [0.15, 0.2) is 47.4 Å². The molecule has 0 bridgehead atoms. The summed E-state index contributed by atoms with van der Waals surface area (Å²) >= 11 is 1.63. The molecule has 0 aliphatic carbocycles. The minimum absolute atomic E-state index is 0.0576. The number of thioether (sulfide) groups is 1. The number of quaternary nitrogens is 2. The zero-order valence-electron chi connectivity index (χ0n) is 17.3. The third-order valence-electron chi connectivity index (χ3n) is 5.64. The van der Waals surface area contributed by atoms with Crippen LogP contribution in [0.1, 0.15) is 12.5 Å². The first kappa shape index (κ1) is 21.6. The van der Waals surface area contributed by atoms with Crippen LogP contribution in [-0.4, -0.2) is 51.5 Å². The molecule has 1 aliphatic rings. The predicted octanol–water partition coefficient (Wildman–Crippen LogP) is 0.867. The van der Waals surface area contributed by atoms with Crippen LogP contribution in [0, 0.1) is 5.82 Å². The van der Waals surface area contributed by atoms with E-state index in [1.165, 1.54) is 16.9 Å². The summed E-state index contributed by atoms with van der Waals surface area (Å²) in [5.41, 5.74) is 1.85. The molecule has 29 heavy (non-hydrogen) atoms.